The minimum atomic E-state index is -3.41. The third-order valence-corrected chi connectivity index (χ3v) is 3.70. The fraction of sp³-hybridized carbons (Fsp3) is 0.133. The number of anilines is 2. The minimum Gasteiger partial charge on any atom is -0.322 e. The molecule has 0 aromatic heterocycles. The maximum absolute atomic E-state index is 12.2. The van der Waals surface area contributed by atoms with E-state index in [4.69, 9.17) is 11.6 Å². The first-order valence-electron chi connectivity index (χ1n) is 6.40. The molecule has 0 radical (unpaired) electrons. The molecule has 0 atom stereocenters. The Hall–Kier alpha value is -2.05. The van der Waals surface area contributed by atoms with Crippen molar-refractivity contribution in [2.75, 3.05) is 16.3 Å². The molecular weight excluding hydrogens is 324 g/mol. The van der Waals surface area contributed by atoms with E-state index in [1.807, 2.05) is 0 Å². The molecule has 0 aliphatic heterocycles. The van der Waals surface area contributed by atoms with Gasteiger partial charge in [0, 0.05) is 16.3 Å². The van der Waals surface area contributed by atoms with Gasteiger partial charge >= 0.3 is 0 Å². The second kappa shape index (κ2) is 6.37. The molecular formula is C15H15ClN2O3S. The summed E-state index contributed by atoms with van der Waals surface area (Å²) in [6.45, 7) is 1.76. The van der Waals surface area contributed by atoms with Gasteiger partial charge in [0.2, 0.25) is 10.0 Å². The highest BCUT2D eigenvalue weighted by atomic mass is 35.5. The number of sulfonamides is 1. The summed E-state index contributed by atoms with van der Waals surface area (Å²) >= 11 is 5.86. The first-order valence-corrected chi connectivity index (χ1v) is 8.67. The number of carbonyl (C=O) groups excluding carboxylic acids is 1. The van der Waals surface area contributed by atoms with Gasteiger partial charge in [-0.3, -0.25) is 9.52 Å². The van der Waals surface area contributed by atoms with Crippen molar-refractivity contribution >= 4 is 38.9 Å². The lowest BCUT2D eigenvalue weighted by Crippen LogP contribution is -2.14. The Kier molecular flexibility index (Phi) is 4.73. The van der Waals surface area contributed by atoms with Gasteiger partial charge in [-0.25, -0.2) is 8.42 Å². The predicted molar refractivity (Wildman–Crippen MR) is 89.1 cm³/mol. The number of amides is 1. The van der Waals surface area contributed by atoms with Crippen molar-refractivity contribution in [1.82, 2.24) is 0 Å². The first kappa shape index (κ1) is 16.3. The number of rotatable bonds is 4. The van der Waals surface area contributed by atoms with Gasteiger partial charge in [0.05, 0.1) is 11.9 Å². The standard InChI is InChI=1S/C15H15ClN2O3S/c1-10-6-7-11(8-14(10)18-22(2,20)21)15(19)17-13-5-3-4-12(16)9-13/h3-9,18H,1-2H3,(H,17,19). The van der Waals surface area contributed by atoms with Gasteiger partial charge in [-0.05, 0) is 42.8 Å². The second-order valence-electron chi connectivity index (χ2n) is 4.87. The van der Waals surface area contributed by atoms with Crippen LogP contribution in [0.5, 0.6) is 0 Å². The summed E-state index contributed by atoms with van der Waals surface area (Å²) in [7, 11) is -3.41. The summed E-state index contributed by atoms with van der Waals surface area (Å²) in [6.07, 6.45) is 1.06. The fourth-order valence-corrected chi connectivity index (χ4v) is 2.65. The molecule has 7 heteroatoms. The van der Waals surface area contributed by atoms with Crippen molar-refractivity contribution in [2.45, 2.75) is 6.92 Å². The summed E-state index contributed by atoms with van der Waals surface area (Å²) in [5.74, 6) is -0.348. The molecule has 22 heavy (non-hydrogen) atoms. The lowest BCUT2D eigenvalue weighted by molar-refractivity contribution is 0.102. The fourth-order valence-electron chi connectivity index (χ4n) is 1.84. The smallest absolute Gasteiger partial charge is 0.255 e. The van der Waals surface area contributed by atoms with Crippen LogP contribution >= 0.6 is 11.6 Å². The normalized spacial score (nSPS) is 11.0. The van der Waals surface area contributed by atoms with Gasteiger partial charge in [0.25, 0.3) is 5.91 Å². The average molecular weight is 339 g/mol. The Balaban J connectivity index is 2.25. The van der Waals surface area contributed by atoms with Gasteiger partial charge in [-0.1, -0.05) is 23.7 Å². The summed E-state index contributed by atoms with van der Waals surface area (Å²) in [5.41, 5.74) is 2.01. The van der Waals surface area contributed by atoms with Gasteiger partial charge in [0.15, 0.2) is 0 Å². The number of carbonyl (C=O) groups is 1. The van der Waals surface area contributed by atoms with Crippen molar-refractivity contribution in [3.8, 4) is 0 Å². The van der Waals surface area contributed by atoms with Crippen molar-refractivity contribution in [1.29, 1.82) is 0 Å². The van der Waals surface area contributed by atoms with Gasteiger partial charge in [-0.15, -0.1) is 0 Å². The van der Waals surface area contributed by atoms with E-state index in [9.17, 15) is 13.2 Å². The number of halogens is 1. The molecule has 2 aromatic rings. The number of aryl methyl sites for hydroxylation is 1. The molecule has 5 nitrogen and oxygen atoms in total. The number of hydrogen-bond acceptors (Lipinski definition) is 3. The Morgan fingerprint density at radius 2 is 1.86 bits per heavy atom. The topological polar surface area (TPSA) is 75.3 Å². The summed E-state index contributed by atoms with van der Waals surface area (Å²) < 4.78 is 25.1. The van der Waals surface area contributed by atoms with Gasteiger partial charge in [-0.2, -0.15) is 0 Å². The molecule has 1 amide bonds. The Morgan fingerprint density at radius 3 is 2.50 bits per heavy atom. The van der Waals surface area contributed by atoms with Crippen LogP contribution in [0.25, 0.3) is 0 Å². The zero-order chi connectivity index (χ0) is 16.3. The molecule has 116 valence electrons. The van der Waals surface area contributed by atoms with Crippen molar-refractivity contribution in [3.63, 3.8) is 0 Å². The van der Waals surface area contributed by atoms with Crippen LogP contribution in [-0.4, -0.2) is 20.6 Å². The molecule has 0 spiro atoms. The molecule has 0 saturated carbocycles. The van der Waals surface area contributed by atoms with Crippen LogP contribution in [0.3, 0.4) is 0 Å². The molecule has 2 N–H and O–H groups in total. The predicted octanol–water partition coefficient (Wildman–Crippen LogP) is 3.27. The summed E-state index contributed by atoms with van der Waals surface area (Å²) in [6, 6.07) is 11.6. The molecule has 0 aliphatic carbocycles. The van der Waals surface area contributed by atoms with Crippen LogP contribution in [0.15, 0.2) is 42.5 Å². The van der Waals surface area contributed by atoms with Crippen molar-refractivity contribution in [2.24, 2.45) is 0 Å². The number of hydrogen-bond donors (Lipinski definition) is 2. The van der Waals surface area contributed by atoms with Crippen LogP contribution in [0.2, 0.25) is 5.02 Å². The maximum atomic E-state index is 12.2. The van der Waals surface area contributed by atoms with Crippen LogP contribution in [0, 0.1) is 6.92 Å². The maximum Gasteiger partial charge on any atom is 0.255 e. The summed E-state index contributed by atoms with van der Waals surface area (Å²) in [4.78, 5) is 12.2. The van der Waals surface area contributed by atoms with Crippen LogP contribution in [-0.2, 0) is 10.0 Å². The van der Waals surface area contributed by atoms with E-state index in [2.05, 4.69) is 10.0 Å². The highest BCUT2D eigenvalue weighted by Crippen LogP contribution is 2.20. The average Bonchev–Trinajstić information content (AvgIpc) is 2.39. The third kappa shape index (κ3) is 4.47. The van der Waals surface area contributed by atoms with E-state index in [-0.39, 0.29) is 5.91 Å². The molecule has 0 bridgehead atoms. The molecule has 0 saturated heterocycles. The Bertz CT molecular complexity index is 819. The SMILES string of the molecule is Cc1ccc(C(=O)Nc2cccc(Cl)c2)cc1NS(C)(=O)=O. The third-order valence-electron chi connectivity index (χ3n) is 2.88. The van der Waals surface area contributed by atoms with E-state index in [0.29, 0.717) is 22.0 Å². The summed E-state index contributed by atoms with van der Waals surface area (Å²) in [5, 5.41) is 3.22. The van der Waals surface area contributed by atoms with Crippen LogP contribution < -0.4 is 10.0 Å². The number of nitrogens with one attached hydrogen (secondary N) is 2. The highest BCUT2D eigenvalue weighted by Gasteiger charge is 2.11. The quantitative estimate of drug-likeness (QED) is 0.898. The molecule has 0 unspecified atom stereocenters. The second-order valence-corrected chi connectivity index (χ2v) is 7.05. The van der Waals surface area contributed by atoms with E-state index in [1.165, 1.54) is 6.07 Å². The van der Waals surface area contributed by atoms with E-state index in [1.54, 1.807) is 43.3 Å². The van der Waals surface area contributed by atoms with Gasteiger partial charge < -0.3 is 5.32 Å². The largest absolute Gasteiger partial charge is 0.322 e. The monoisotopic (exact) mass is 338 g/mol. The lowest BCUT2D eigenvalue weighted by Gasteiger charge is -2.10. The number of benzene rings is 2. The lowest BCUT2D eigenvalue weighted by atomic mass is 10.1. The first-order chi connectivity index (χ1) is 10.2. The van der Waals surface area contributed by atoms with Crippen molar-refractivity contribution < 1.29 is 13.2 Å². The highest BCUT2D eigenvalue weighted by molar-refractivity contribution is 7.92. The van der Waals surface area contributed by atoms with E-state index in [0.717, 1.165) is 11.8 Å². The zero-order valence-corrected chi connectivity index (χ0v) is 13.6. The van der Waals surface area contributed by atoms with E-state index >= 15 is 0 Å². The molecule has 0 heterocycles. The van der Waals surface area contributed by atoms with Crippen LogP contribution in [0.4, 0.5) is 11.4 Å². The molecule has 0 fully saturated rings. The van der Waals surface area contributed by atoms with Gasteiger partial charge in [0.1, 0.15) is 0 Å². The Labute approximate surface area is 134 Å². The Morgan fingerprint density at radius 1 is 1.14 bits per heavy atom. The zero-order valence-electron chi connectivity index (χ0n) is 12.1. The minimum absolute atomic E-state index is 0.344. The molecule has 2 rings (SSSR count). The van der Waals surface area contributed by atoms with Crippen molar-refractivity contribution in [3.05, 3.63) is 58.6 Å². The molecule has 0 aliphatic rings. The van der Waals surface area contributed by atoms with E-state index < -0.39 is 10.0 Å². The van der Waals surface area contributed by atoms with Crippen LogP contribution in [0.1, 0.15) is 15.9 Å². The molecule has 2 aromatic carbocycles.